The van der Waals surface area contributed by atoms with Crippen molar-refractivity contribution < 1.29 is 0 Å². The van der Waals surface area contributed by atoms with Gasteiger partial charge in [0.2, 0.25) is 0 Å². The van der Waals surface area contributed by atoms with E-state index in [1.807, 2.05) is 0 Å². The Kier molecular flexibility index (Phi) is 1.66. The zero-order valence-electron chi connectivity index (χ0n) is 11.1. The van der Waals surface area contributed by atoms with Crippen molar-refractivity contribution >= 4 is 5.71 Å². The first-order chi connectivity index (χ1) is 9.28. The maximum absolute atomic E-state index is 4.88. The van der Waals surface area contributed by atoms with Gasteiger partial charge in [-0.3, -0.25) is 4.99 Å². The molecule has 1 nitrogen and oxygen atoms in total. The van der Waals surface area contributed by atoms with Gasteiger partial charge in [0.25, 0.3) is 0 Å². The highest BCUT2D eigenvalue weighted by Crippen LogP contribution is 2.70. The van der Waals surface area contributed by atoms with Crippen LogP contribution in [0.1, 0.15) is 25.3 Å². The van der Waals surface area contributed by atoms with E-state index in [9.17, 15) is 0 Å². The van der Waals surface area contributed by atoms with E-state index in [2.05, 4.69) is 49.5 Å². The fourth-order valence-corrected chi connectivity index (χ4v) is 4.93. The Balaban J connectivity index is 1.73. The molecule has 4 aliphatic carbocycles. The first-order valence-electron chi connectivity index (χ1n) is 7.32. The van der Waals surface area contributed by atoms with Crippen molar-refractivity contribution in [1.29, 1.82) is 0 Å². The predicted octanol–water partition coefficient (Wildman–Crippen LogP) is 3.98. The highest BCUT2D eigenvalue weighted by molar-refractivity contribution is 6.05. The number of aliphatic imine (C=N–C) groups is 1. The monoisotopic (exact) mass is 247 g/mol. The van der Waals surface area contributed by atoms with Gasteiger partial charge in [-0.05, 0) is 46.8 Å². The molecule has 6 bridgehead atoms. The lowest BCUT2D eigenvalue weighted by molar-refractivity contribution is -0.0570. The van der Waals surface area contributed by atoms with E-state index in [-0.39, 0.29) is 0 Å². The smallest absolute Gasteiger partial charge is 0.0550 e. The van der Waals surface area contributed by atoms with Crippen LogP contribution in [-0.2, 0) is 0 Å². The molecule has 0 aromatic heterocycles. The third-order valence-electron chi connectivity index (χ3n) is 6.11. The van der Waals surface area contributed by atoms with Crippen LogP contribution in [0, 0.1) is 23.2 Å². The molecule has 4 atom stereocenters. The topological polar surface area (TPSA) is 12.4 Å². The third-order valence-corrected chi connectivity index (χ3v) is 6.11. The second kappa shape index (κ2) is 3.09. The summed E-state index contributed by atoms with van der Waals surface area (Å²) in [4.78, 5) is 4.88. The third kappa shape index (κ3) is 1.03. The SMILES string of the molecule is CC12C3CC4=CC1C(c1ccccc1)=NC=C4C2C3. The summed E-state index contributed by atoms with van der Waals surface area (Å²) in [6.45, 7) is 2.50. The van der Waals surface area contributed by atoms with Crippen molar-refractivity contribution in [3.05, 3.63) is 59.3 Å². The number of allylic oxidation sites excluding steroid dienone is 3. The molecule has 2 heterocycles. The van der Waals surface area contributed by atoms with Crippen LogP contribution in [0.15, 0.2) is 58.7 Å². The first kappa shape index (κ1) is 10.2. The van der Waals surface area contributed by atoms with Gasteiger partial charge in [0.15, 0.2) is 0 Å². The van der Waals surface area contributed by atoms with Gasteiger partial charge in [-0.15, -0.1) is 0 Å². The Labute approximate surface area is 113 Å². The molecule has 6 aliphatic rings. The van der Waals surface area contributed by atoms with E-state index in [1.54, 1.807) is 11.1 Å². The van der Waals surface area contributed by atoms with Gasteiger partial charge in [0, 0.05) is 12.1 Å². The number of hydrogen-bond donors (Lipinski definition) is 0. The number of fused-ring (bicyclic) bond motifs is 1. The van der Waals surface area contributed by atoms with E-state index < -0.39 is 0 Å². The van der Waals surface area contributed by atoms with E-state index >= 15 is 0 Å². The first-order valence-corrected chi connectivity index (χ1v) is 7.32. The lowest BCUT2D eigenvalue weighted by Gasteiger charge is -2.65. The fraction of sp³-hybridized carbons (Fsp3) is 0.389. The van der Waals surface area contributed by atoms with Crippen molar-refractivity contribution in [3.63, 3.8) is 0 Å². The predicted molar refractivity (Wildman–Crippen MR) is 77.0 cm³/mol. The molecule has 2 aliphatic heterocycles. The summed E-state index contributed by atoms with van der Waals surface area (Å²) in [6.07, 6.45) is 7.40. The number of rotatable bonds is 1. The van der Waals surface area contributed by atoms with Crippen LogP contribution in [0.3, 0.4) is 0 Å². The molecule has 1 aromatic carbocycles. The maximum atomic E-state index is 4.88. The van der Waals surface area contributed by atoms with Crippen LogP contribution in [0.25, 0.3) is 0 Å². The second-order valence-corrected chi connectivity index (χ2v) is 6.69. The van der Waals surface area contributed by atoms with Crippen molar-refractivity contribution in [1.82, 2.24) is 0 Å². The summed E-state index contributed by atoms with van der Waals surface area (Å²) < 4.78 is 0. The van der Waals surface area contributed by atoms with Crippen molar-refractivity contribution in [2.75, 3.05) is 0 Å². The Bertz CT molecular complexity index is 664. The summed E-state index contributed by atoms with van der Waals surface area (Å²) in [7, 11) is 0. The number of hydrogen-bond acceptors (Lipinski definition) is 1. The average molecular weight is 247 g/mol. The van der Waals surface area contributed by atoms with Gasteiger partial charge in [-0.1, -0.05) is 43.3 Å². The van der Waals surface area contributed by atoms with Gasteiger partial charge in [0.05, 0.1) is 5.71 Å². The minimum Gasteiger partial charge on any atom is -0.260 e. The van der Waals surface area contributed by atoms with Crippen molar-refractivity contribution in [2.45, 2.75) is 19.8 Å². The molecule has 19 heavy (non-hydrogen) atoms. The molecule has 1 heteroatoms. The standard InChI is InChI=1S/C18H17N/c1-18-13-7-12-8-16(18)17(11-5-3-2-4-6-11)19-10-14(12)15(18)9-13/h2-6,8,10,13,15-16H,7,9H2,1H3. The molecule has 7 rings (SSSR count). The molecular weight excluding hydrogens is 230 g/mol. The quantitative estimate of drug-likeness (QED) is 0.712. The van der Waals surface area contributed by atoms with E-state index in [4.69, 9.17) is 4.99 Å². The van der Waals surface area contributed by atoms with E-state index in [0.717, 1.165) is 11.8 Å². The zero-order chi connectivity index (χ0) is 12.6. The fourth-order valence-electron chi connectivity index (χ4n) is 4.93. The van der Waals surface area contributed by atoms with Gasteiger partial charge < -0.3 is 0 Å². The average Bonchev–Trinajstić information content (AvgIpc) is 2.68. The molecule has 0 N–H and O–H groups in total. The maximum Gasteiger partial charge on any atom is 0.0550 e. The molecule has 4 unspecified atom stereocenters. The van der Waals surface area contributed by atoms with Crippen LogP contribution < -0.4 is 0 Å². The lowest BCUT2D eigenvalue weighted by Crippen LogP contribution is -2.59. The Hall–Kier alpha value is -1.63. The lowest BCUT2D eigenvalue weighted by atomic mass is 9.38. The zero-order valence-corrected chi connectivity index (χ0v) is 11.1. The summed E-state index contributed by atoms with van der Waals surface area (Å²) >= 11 is 0. The van der Waals surface area contributed by atoms with Gasteiger partial charge in [-0.2, -0.15) is 0 Å². The molecule has 0 spiro atoms. The minimum absolute atomic E-state index is 0.443. The normalized spacial score (nSPS) is 41.1. The molecule has 2 fully saturated rings. The van der Waals surface area contributed by atoms with Crippen LogP contribution in [0.4, 0.5) is 0 Å². The van der Waals surface area contributed by atoms with E-state index in [1.165, 1.54) is 24.1 Å². The highest BCUT2D eigenvalue weighted by atomic mass is 14.8. The molecule has 0 radical (unpaired) electrons. The number of nitrogens with zero attached hydrogens (tertiary/aromatic N) is 1. The van der Waals surface area contributed by atoms with E-state index in [0.29, 0.717) is 11.3 Å². The number of benzene rings is 1. The summed E-state index contributed by atoms with van der Waals surface area (Å²) in [6, 6.07) is 10.7. The molecule has 2 saturated carbocycles. The minimum atomic E-state index is 0.443. The summed E-state index contributed by atoms with van der Waals surface area (Å²) in [5.41, 5.74) is 6.19. The molecule has 0 saturated heterocycles. The molecule has 1 aromatic rings. The second-order valence-electron chi connectivity index (χ2n) is 6.69. The van der Waals surface area contributed by atoms with Crippen LogP contribution in [0.2, 0.25) is 0 Å². The Morgan fingerprint density at radius 1 is 1.21 bits per heavy atom. The molecule has 94 valence electrons. The van der Waals surface area contributed by atoms with Crippen molar-refractivity contribution in [2.24, 2.45) is 28.2 Å². The van der Waals surface area contributed by atoms with Crippen LogP contribution in [-0.4, -0.2) is 5.71 Å². The highest BCUT2D eigenvalue weighted by Gasteiger charge is 2.64. The summed E-state index contributed by atoms with van der Waals surface area (Å²) in [5, 5.41) is 0. The van der Waals surface area contributed by atoms with Crippen LogP contribution in [0.5, 0.6) is 0 Å². The molecular formula is C18H17N. The van der Waals surface area contributed by atoms with Gasteiger partial charge >= 0.3 is 0 Å². The van der Waals surface area contributed by atoms with Gasteiger partial charge in [-0.25, -0.2) is 0 Å². The van der Waals surface area contributed by atoms with Crippen molar-refractivity contribution in [3.8, 4) is 0 Å². The molecule has 0 amide bonds. The van der Waals surface area contributed by atoms with Crippen LogP contribution >= 0.6 is 0 Å². The summed E-state index contributed by atoms with van der Waals surface area (Å²) in [5.74, 6) is 2.21. The van der Waals surface area contributed by atoms with Gasteiger partial charge in [0.1, 0.15) is 0 Å². The largest absolute Gasteiger partial charge is 0.260 e. The Morgan fingerprint density at radius 2 is 2.05 bits per heavy atom. The Morgan fingerprint density at radius 3 is 2.89 bits per heavy atom.